The van der Waals surface area contributed by atoms with Gasteiger partial charge in [0.25, 0.3) is 0 Å². The second kappa shape index (κ2) is 5.03. The number of aromatic nitrogens is 2. The summed E-state index contributed by atoms with van der Waals surface area (Å²) in [4.78, 5) is 0. The highest BCUT2D eigenvalue weighted by molar-refractivity contribution is 4.97. The van der Waals surface area contributed by atoms with E-state index in [0.29, 0.717) is 0 Å². The molecule has 0 saturated heterocycles. The molecule has 0 radical (unpaired) electrons. The Kier molecular flexibility index (Phi) is 4.63. The van der Waals surface area contributed by atoms with Crippen LogP contribution in [0.4, 0.5) is 0 Å². The zero-order chi connectivity index (χ0) is 7.98. The molecule has 0 unspecified atom stereocenters. The van der Waals surface area contributed by atoms with Crippen LogP contribution < -0.4 is 0 Å². The van der Waals surface area contributed by atoms with Crippen molar-refractivity contribution in [1.29, 1.82) is 0 Å². The van der Waals surface area contributed by atoms with Gasteiger partial charge in [0.15, 0.2) is 0 Å². The summed E-state index contributed by atoms with van der Waals surface area (Å²) in [6, 6.07) is 2.03. The maximum atomic E-state index is 4.15. The molecule has 0 amide bonds. The molecule has 0 aliphatic heterocycles. The molecule has 0 saturated carbocycles. The molecule has 0 spiro atoms. The van der Waals surface area contributed by atoms with Gasteiger partial charge < -0.3 is 0 Å². The van der Waals surface area contributed by atoms with Crippen molar-refractivity contribution in [2.45, 2.75) is 27.2 Å². The van der Waals surface area contributed by atoms with Crippen LogP contribution >= 0.6 is 0 Å². The lowest BCUT2D eigenvalue weighted by atomic mass is 10.4. The SMILES string of the molecule is CC.CCc1ccn(C)n1. The van der Waals surface area contributed by atoms with Crippen LogP contribution in [-0.2, 0) is 13.5 Å². The zero-order valence-electron chi connectivity index (χ0n) is 7.26. The van der Waals surface area contributed by atoms with Gasteiger partial charge in [0.1, 0.15) is 0 Å². The molecule has 0 atom stereocenters. The number of hydrogen-bond donors (Lipinski definition) is 0. The van der Waals surface area contributed by atoms with Crippen molar-refractivity contribution in [3.05, 3.63) is 18.0 Å². The van der Waals surface area contributed by atoms with E-state index in [2.05, 4.69) is 12.0 Å². The fourth-order valence-corrected chi connectivity index (χ4v) is 0.652. The van der Waals surface area contributed by atoms with E-state index in [9.17, 15) is 0 Å². The van der Waals surface area contributed by atoms with Gasteiger partial charge in [-0.05, 0) is 12.5 Å². The molecule has 1 aromatic heterocycles. The molecule has 10 heavy (non-hydrogen) atoms. The summed E-state index contributed by atoms with van der Waals surface area (Å²) in [6.45, 7) is 6.10. The van der Waals surface area contributed by atoms with Crippen LogP contribution in [0, 0.1) is 0 Å². The number of aryl methyl sites for hydroxylation is 2. The Labute approximate surface area is 62.9 Å². The lowest BCUT2D eigenvalue weighted by Crippen LogP contribution is -1.88. The van der Waals surface area contributed by atoms with Gasteiger partial charge in [-0.15, -0.1) is 0 Å². The Morgan fingerprint density at radius 1 is 1.50 bits per heavy atom. The second-order valence-corrected chi connectivity index (χ2v) is 1.83. The molecule has 2 heteroatoms. The standard InChI is InChI=1S/C6H10N2.C2H6/c1-3-6-4-5-8(2)7-6;1-2/h4-5H,3H2,1-2H3;1-2H3. The van der Waals surface area contributed by atoms with Gasteiger partial charge in [0, 0.05) is 13.2 Å². The molecule has 0 aromatic carbocycles. The molecule has 2 nitrogen and oxygen atoms in total. The second-order valence-electron chi connectivity index (χ2n) is 1.83. The van der Waals surface area contributed by atoms with Crippen molar-refractivity contribution in [2.24, 2.45) is 7.05 Å². The average Bonchev–Trinajstić information content (AvgIpc) is 2.40. The molecule has 1 rings (SSSR count). The van der Waals surface area contributed by atoms with Crippen molar-refractivity contribution in [2.75, 3.05) is 0 Å². The monoisotopic (exact) mass is 140 g/mol. The van der Waals surface area contributed by atoms with E-state index in [1.54, 1.807) is 0 Å². The fourth-order valence-electron chi connectivity index (χ4n) is 0.652. The van der Waals surface area contributed by atoms with Gasteiger partial charge in [-0.25, -0.2) is 0 Å². The minimum Gasteiger partial charge on any atom is -0.276 e. The summed E-state index contributed by atoms with van der Waals surface area (Å²) in [6.07, 6.45) is 2.99. The zero-order valence-corrected chi connectivity index (χ0v) is 7.26. The Hall–Kier alpha value is -0.790. The molecular weight excluding hydrogens is 124 g/mol. The van der Waals surface area contributed by atoms with E-state index in [4.69, 9.17) is 0 Å². The lowest BCUT2D eigenvalue weighted by Gasteiger charge is -1.83. The quantitative estimate of drug-likeness (QED) is 0.583. The minimum absolute atomic E-state index is 1.03. The molecule has 0 aliphatic rings. The molecular formula is C8H16N2. The third kappa shape index (κ3) is 2.67. The van der Waals surface area contributed by atoms with Crippen molar-refractivity contribution in [3.63, 3.8) is 0 Å². The first-order chi connectivity index (χ1) is 4.83. The Bertz CT molecular complexity index is 168. The van der Waals surface area contributed by atoms with Crippen LogP contribution in [0.1, 0.15) is 26.5 Å². The Morgan fingerprint density at radius 2 is 2.10 bits per heavy atom. The first kappa shape index (κ1) is 9.21. The first-order valence-corrected chi connectivity index (χ1v) is 3.81. The van der Waals surface area contributed by atoms with Gasteiger partial charge >= 0.3 is 0 Å². The van der Waals surface area contributed by atoms with Crippen LogP contribution in [0.25, 0.3) is 0 Å². The predicted molar refractivity (Wildman–Crippen MR) is 43.9 cm³/mol. The highest BCUT2D eigenvalue weighted by Crippen LogP contribution is 1.92. The van der Waals surface area contributed by atoms with Crippen LogP contribution in [-0.4, -0.2) is 9.78 Å². The summed E-state index contributed by atoms with van der Waals surface area (Å²) in [5, 5.41) is 4.15. The number of hydrogen-bond acceptors (Lipinski definition) is 1. The van der Waals surface area contributed by atoms with Crippen LogP contribution in [0.15, 0.2) is 12.3 Å². The lowest BCUT2D eigenvalue weighted by molar-refractivity contribution is 0.746. The van der Waals surface area contributed by atoms with Gasteiger partial charge in [-0.2, -0.15) is 5.10 Å². The number of nitrogens with zero attached hydrogens (tertiary/aromatic N) is 2. The normalized spacial score (nSPS) is 8.40. The smallest absolute Gasteiger partial charge is 0.0621 e. The summed E-state index contributed by atoms with van der Waals surface area (Å²) in [5.74, 6) is 0. The summed E-state index contributed by atoms with van der Waals surface area (Å²) < 4.78 is 1.82. The van der Waals surface area contributed by atoms with Crippen molar-refractivity contribution in [1.82, 2.24) is 9.78 Å². The third-order valence-electron chi connectivity index (χ3n) is 1.13. The van der Waals surface area contributed by atoms with E-state index in [1.165, 1.54) is 0 Å². The number of rotatable bonds is 1. The van der Waals surface area contributed by atoms with E-state index < -0.39 is 0 Å². The van der Waals surface area contributed by atoms with E-state index in [-0.39, 0.29) is 0 Å². The molecule has 0 bridgehead atoms. The third-order valence-corrected chi connectivity index (χ3v) is 1.13. The maximum Gasteiger partial charge on any atom is 0.0621 e. The molecule has 58 valence electrons. The first-order valence-electron chi connectivity index (χ1n) is 3.81. The van der Waals surface area contributed by atoms with Gasteiger partial charge in [-0.3, -0.25) is 4.68 Å². The van der Waals surface area contributed by atoms with Gasteiger partial charge in [-0.1, -0.05) is 20.8 Å². The highest BCUT2D eigenvalue weighted by atomic mass is 15.2. The van der Waals surface area contributed by atoms with Crippen molar-refractivity contribution >= 4 is 0 Å². The van der Waals surface area contributed by atoms with E-state index in [0.717, 1.165) is 12.1 Å². The van der Waals surface area contributed by atoms with Gasteiger partial charge in [0.2, 0.25) is 0 Å². The summed E-state index contributed by atoms with van der Waals surface area (Å²) in [7, 11) is 1.93. The molecule has 1 heterocycles. The Balaban J connectivity index is 0.000000371. The van der Waals surface area contributed by atoms with Crippen molar-refractivity contribution < 1.29 is 0 Å². The van der Waals surface area contributed by atoms with Crippen molar-refractivity contribution in [3.8, 4) is 0 Å². The summed E-state index contributed by atoms with van der Waals surface area (Å²) in [5.41, 5.74) is 1.16. The summed E-state index contributed by atoms with van der Waals surface area (Å²) >= 11 is 0. The average molecular weight is 140 g/mol. The fraction of sp³-hybridized carbons (Fsp3) is 0.625. The minimum atomic E-state index is 1.03. The largest absolute Gasteiger partial charge is 0.276 e. The topological polar surface area (TPSA) is 17.8 Å². The van der Waals surface area contributed by atoms with Gasteiger partial charge in [0.05, 0.1) is 5.69 Å². The van der Waals surface area contributed by atoms with Crippen LogP contribution in [0.5, 0.6) is 0 Å². The van der Waals surface area contributed by atoms with E-state index in [1.807, 2.05) is 37.8 Å². The Morgan fingerprint density at radius 3 is 2.30 bits per heavy atom. The maximum absolute atomic E-state index is 4.15. The van der Waals surface area contributed by atoms with E-state index >= 15 is 0 Å². The highest BCUT2D eigenvalue weighted by Gasteiger charge is 1.88. The molecule has 0 N–H and O–H groups in total. The molecule has 0 fully saturated rings. The van der Waals surface area contributed by atoms with Crippen LogP contribution in [0.3, 0.4) is 0 Å². The predicted octanol–water partition coefficient (Wildman–Crippen LogP) is 2.01. The molecule has 0 aliphatic carbocycles. The molecule has 1 aromatic rings. The van der Waals surface area contributed by atoms with Crippen LogP contribution in [0.2, 0.25) is 0 Å².